The number of aromatic nitrogens is 1. The van der Waals surface area contributed by atoms with Crippen molar-refractivity contribution in [3.8, 4) is 0 Å². The molecule has 9 nitrogen and oxygen atoms in total. The SMILES string of the molecule is [CH2+]C(C)(C)OC(=O)[C@@H](N)CNC(=O)CCCCc1ccc2c(n1)N(C(=O)OC(C)(C)C)CCC2. The molecule has 2 amide bonds. The Kier molecular flexibility index (Phi) is 9.32. The smallest absolute Gasteiger partial charge is 0.416 e. The molecule has 0 aromatic carbocycles. The Morgan fingerprint density at radius 1 is 1.18 bits per heavy atom. The third kappa shape index (κ3) is 9.21. The quantitative estimate of drug-likeness (QED) is 0.319. The minimum Gasteiger partial charge on any atom is -0.443 e. The predicted molar refractivity (Wildman–Crippen MR) is 130 cm³/mol. The van der Waals surface area contributed by atoms with Crippen molar-refractivity contribution in [2.75, 3.05) is 18.0 Å². The van der Waals surface area contributed by atoms with Crippen molar-refractivity contribution in [3.63, 3.8) is 0 Å². The van der Waals surface area contributed by atoms with Crippen LogP contribution in [0.15, 0.2) is 12.1 Å². The van der Waals surface area contributed by atoms with Crippen LogP contribution < -0.4 is 16.0 Å². The van der Waals surface area contributed by atoms with E-state index in [1.165, 1.54) is 0 Å². The molecule has 0 saturated carbocycles. The van der Waals surface area contributed by atoms with Gasteiger partial charge in [0.15, 0.2) is 0 Å². The second-order valence-corrected chi connectivity index (χ2v) is 10.3. The Bertz CT molecular complexity index is 873. The Morgan fingerprint density at radius 2 is 1.88 bits per heavy atom. The lowest BCUT2D eigenvalue weighted by Crippen LogP contribution is -2.45. The number of nitrogens with zero attached hydrogens (tertiary/aromatic N) is 2. The lowest BCUT2D eigenvalue weighted by atomic mass is 10.0. The molecule has 1 aliphatic heterocycles. The molecule has 0 bridgehead atoms. The van der Waals surface area contributed by atoms with Gasteiger partial charge in [0.25, 0.3) is 0 Å². The number of anilines is 1. The van der Waals surface area contributed by atoms with Gasteiger partial charge in [0.2, 0.25) is 11.5 Å². The number of rotatable bonds is 9. The molecule has 0 spiro atoms. The molecular formula is C25H39N4O5+. The molecule has 1 aromatic heterocycles. The van der Waals surface area contributed by atoms with Gasteiger partial charge in [-0.05, 0) is 64.5 Å². The molecule has 3 N–H and O–H groups in total. The molecule has 0 radical (unpaired) electrons. The average molecular weight is 476 g/mol. The molecular weight excluding hydrogens is 436 g/mol. The molecule has 0 fully saturated rings. The number of ether oxygens (including phenoxy) is 2. The van der Waals surface area contributed by atoms with Crippen LogP contribution in [0.5, 0.6) is 0 Å². The molecule has 0 aliphatic carbocycles. The van der Waals surface area contributed by atoms with Gasteiger partial charge in [0.1, 0.15) is 24.4 Å². The molecule has 9 heteroatoms. The Hall–Kier alpha value is -2.81. The van der Waals surface area contributed by atoms with Crippen LogP contribution in [0.25, 0.3) is 0 Å². The van der Waals surface area contributed by atoms with Crippen molar-refractivity contribution >= 4 is 23.8 Å². The lowest BCUT2D eigenvalue weighted by molar-refractivity contribution is -0.154. The third-order valence-electron chi connectivity index (χ3n) is 5.00. The van der Waals surface area contributed by atoms with Crippen molar-refractivity contribution < 1.29 is 23.9 Å². The monoisotopic (exact) mass is 475 g/mol. The summed E-state index contributed by atoms with van der Waals surface area (Å²) in [6.07, 6.45) is 3.79. The van der Waals surface area contributed by atoms with E-state index in [9.17, 15) is 14.4 Å². The minimum atomic E-state index is -0.933. The summed E-state index contributed by atoms with van der Waals surface area (Å²) in [6, 6.07) is 3.07. The van der Waals surface area contributed by atoms with E-state index >= 15 is 0 Å². The number of nitrogens with one attached hydrogen (secondary N) is 1. The van der Waals surface area contributed by atoms with Crippen molar-refractivity contribution in [1.82, 2.24) is 10.3 Å². The highest BCUT2D eigenvalue weighted by atomic mass is 16.6. The van der Waals surface area contributed by atoms with Crippen LogP contribution in [0, 0.1) is 6.92 Å². The van der Waals surface area contributed by atoms with Crippen LogP contribution in [-0.4, -0.2) is 53.3 Å². The van der Waals surface area contributed by atoms with E-state index < -0.39 is 23.2 Å². The van der Waals surface area contributed by atoms with Gasteiger partial charge >= 0.3 is 12.1 Å². The second kappa shape index (κ2) is 11.6. The Balaban J connectivity index is 1.80. The predicted octanol–water partition coefficient (Wildman–Crippen LogP) is 3.08. The van der Waals surface area contributed by atoms with E-state index in [1.54, 1.807) is 18.7 Å². The summed E-state index contributed by atoms with van der Waals surface area (Å²) in [7, 11) is 0. The number of unbranched alkanes of at least 4 members (excludes halogenated alkanes) is 1. The van der Waals surface area contributed by atoms with Crippen LogP contribution in [0.1, 0.15) is 71.6 Å². The van der Waals surface area contributed by atoms with Crippen molar-refractivity contribution in [1.29, 1.82) is 0 Å². The van der Waals surface area contributed by atoms with Gasteiger partial charge in [-0.15, -0.1) is 0 Å². The molecule has 0 unspecified atom stereocenters. The number of carbonyl (C=O) groups is 3. The summed E-state index contributed by atoms with van der Waals surface area (Å²) < 4.78 is 10.6. The fourth-order valence-electron chi connectivity index (χ4n) is 3.45. The van der Waals surface area contributed by atoms with E-state index in [0.29, 0.717) is 31.6 Å². The van der Waals surface area contributed by atoms with Crippen LogP contribution >= 0.6 is 0 Å². The number of pyridine rings is 1. The summed E-state index contributed by atoms with van der Waals surface area (Å²) in [4.78, 5) is 42.9. The van der Waals surface area contributed by atoms with Gasteiger partial charge in [-0.25, -0.2) is 9.78 Å². The highest BCUT2D eigenvalue weighted by molar-refractivity contribution is 5.88. The van der Waals surface area contributed by atoms with E-state index in [0.717, 1.165) is 30.5 Å². The number of hydrogen-bond acceptors (Lipinski definition) is 7. The van der Waals surface area contributed by atoms with E-state index in [2.05, 4.69) is 12.2 Å². The highest BCUT2D eigenvalue weighted by Crippen LogP contribution is 2.27. The van der Waals surface area contributed by atoms with Crippen LogP contribution in [0.2, 0.25) is 0 Å². The topological polar surface area (TPSA) is 124 Å². The fourth-order valence-corrected chi connectivity index (χ4v) is 3.45. The number of fused-ring (bicyclic) bond motifs is 1. The lowest BCUT2D eigenvalue weighted by Gasteiger charge is -2.31. The first-order chi connectivity index (χ1) is 15.7. The third-order valence-corrected chi connectivity index (χ3v) is 5.00. The number of esters is 1. The van der Waals surface area contributed by atoms with Gasteiger partial charge in [0, 0.05) is 39.1 Å². The Labute approximate surface area is 202 Å². The first-order valence-corrected chi connectivity index (χ1v) is 11.8. The van der Waals surface area contributed by atoms with Gasteiger partial charge < -0.3 is 20.5 Å². The first kappa shape index (κ1) is 27.4. The molecule has 1 aliphatic rings. The van der Waals surface area contributed by atoms with Gasteiger partial charge in [-0.1, -0.05) is 6.07 Å². The highest BCUT2D eigenvalue weighted by Gasteiger charge is 2.29. The molecule has 1 atom stereocenters. The fraction of sp³-hybridized carbons (Fsp3) is 0.640. The van der Waals surface area contributed by atoms with Crippen molar-refractivity contribution in [3.05, 3.63) is 30.3 Å². The summed E-state index contributed by atoms with van der Waals surface area (Å²) in [6.45, 7) is 13.1. The van der Waals surface area contributed by atoms with Crippen LogP contribution in [0.4, 0.5) is 10.6 Å². The normalized spacial score (nSPS) is 14.7. The van der Waals surface area contributed by atoms with E-state index in [-0.39, 0.29) is 18.5 Å². The minimum absolute atomic E-state index is 0.0145. The van der Waals surface area contributed by atoms with E-state index in [1.807, 2.05) is 32.9 Å². The zero-order chi connectivity index (χ0) is 25.5. The first-order valence-electron chi connectivity index (χ1n) is 11.8. The van der Waals surface area contributed by atoms with Gasteiger partial charge in [-0.2, -0.15) is 0 Å². The maximum Gasteiger partial charge on any atom is 0.416 e. The maximum atomic E-state index is 12.6. The summed E-state index contributed by atoms with van der Waals surface area (Å²) in [5.74, 6) is -0.104. The summed E-state index contributed by atoms with van der Waals surface area (Å²) in [5.41, 5.74) is 6.24. The zero-order valence-corrected chi connectivity index (χ0v) is 21.1. The number of aryl methyl sites for hydroxylation is 2. The molecule has 1 aromatic rings. The number of nitrogens with two attached hydrogens (primary N) is 1. The number of hydrogen-bond donors (Lipinski definition) is 2. The average Bonchev–Trinajstić information content (AvgIpc) is 2.72. The van der Waals surface area contributed by atoms with Crippen LogP contribution in [-0.2, 0) is 31.9 Å². The number of amides is 2. The maximum absolute atomic E-state index is 12.6. The zero-order valence-electron chi connectivity index (χ0n) is 21.1. The van der Waals surface area contributed by atoms with Crippen molar-refractivity contribution in [2.45, 2.75) is 90.4 Å². The standard InChI is InChI=1S/C25H38N4O5/c1-24(2,3)33-22(31)19(26)16-27-20(30)12-8-7-11-18-14-13-17-10-9-15-29(21(17)28-18)23(32)34-25(4,5)6/h13-14,19H,1,7-12,15-16,26H2,2-6H3/p+1/t19-/m0/s1. The second-order valence-electron chi connectivity index (χ2n) is 10.3. The molecule has 34 heavy (non-hydrogen) atoms. The Morgan fingerprint density at radius 3 is 2.53 bits per heavy atom. The van der Waals surface area contributed by atoms with Crippen molar-refractivity contribution in [2.24, 2.45) is 5.73 Å². The molecule has 2 rings (SSSR count). The molecule has 2 heterocycles. The number of carbonyl (C=O) groups excluding carboxylic acids is 3. The largest absolute Gasteiger partial charge is 0.443 e. The van der Waals surface area contributed by atoms with E-state index in [4.69, 9.17) is 20.2 Å². The summed E-state index contributed by atoms with van der Waals surface area (Å²) in [5, 5.41) is 2.67. The molecule has 188 valence electrons. The van der Waals surface area contributed by atoms with Gasteiger partial charge in [-0.3, -0.25) is 14.5 Å². The summed E-state index contributed by atoms with van der Waals surface area (Å²) >= 11 is 0. The molecule has 0 saturated heterocycles. The van der Waals surface area contributed by atoms with Crippen LogP contribution in [0.3, 0.4) is 0 Å². The van der Waals surface area contributed by atoms with Gasteiger partial charge in [0.05, 0.1) is 0 Å².